The highest BCUT2D eigenvalue weighted by Gasteiger charge is 2.06. The first-order valence-electron chi connectivity index (χ1n) is 4.75. The zero-order valence-corrected chi connectivity index (χ0v) is 9.41. The Morgan fingerprint density at radius 2 is 1.94 bits per heavy atom. The highest BCUT2D eigenvalue weighted by molar-refractivity contribution is 6.16. The quantitative estimate of drug-likeness (QED) is 0.360. The molecule has 2 rings (SSSR count). The van der Waals surface area contributed by atoms with Gasteiger partial charge in [0.15, 0.2) is 5.82 Å². The van der Waals surface area contributed by atoms with Crippen LogP contribution in [0.4, 0.5) is 5.95 Å². The van der Waals surface area contributed by atoms with Crippen LogP contribution in [0.2, 0.25) is 0 Å². The third-order valence-electron chi connectivity index (χ3n) is 1.96. The second-order valence-electron chi connectivity index (χ2n) is 3.06. The minimum absolute atomic E-state index is 0.0250. The summed E-state index contributed by atoms with van der Waals surface area (Å²) >= 11 is 5.67. The fraction of sp³-hybridized carbons (Fsp3) is 0.100. The number of rotatable bonds is 3. The predicted molar refractivity (Wildman–Crippen MR) is 63.6 cm³/mol. The van der Waals surface area contributed by atoms with E-state index in [9.17, 15) is 0 Å². The molecule has 0 saturated carbocycles. The first-order valence-corrected chi connectivity index (χ1v) is 5.28. The molecule has 0 atom stereocenters. The number of alkyl halides is 1. The Hall–Kier alpha value is -2.17. The van der Waals surface area contributed by atoms with Gasteiger partial charge in [0.05, 0.1) is 5.88 Å². The van der Waals surface area contributed by atoms with Gasteiger partial charge in [0, 0.05) is 10.5 Å². The zero-order valence-electron chi connectivity index (χ0n) is 8.66. The van der Waals surface area contributed by atoms with Gasteiger partial charge in [0.2, 0.25) is 5.95 Å². The molecule has 7 heteroatoms. The molecule has 0 N–H and O–H groups in total. The molecule has 6 nitrogen and oxygen atoms in total. The van der Waals surface area contributed by atoms with Crippen molar-refractivity contribution < 1.29 is 0 Å². The third-order valence-corrected chi connectivity index (χ3v) is 2.19. The van der Waals surface area contributed by atoms with E-state index in [1.165, 1.54) is 0 Å². The number of benzene rings is 1. The van der Waals surface area contributed by atoms with Gasteiger partial charge < -0.3 is 0 Å². The molecule has 1 aromatic carbocycles. The van der Waals surface area contributed by atoms with Crippen molar-refractivity contribution in [1.29, 1.82) is 0 Å². The lowest BCUT2D eigenvalue weighted by atomic mass is 10.2. The number of halogens is 1. The molecule has 0 aliphatic carbocycles. The molecule has 0 fully saturated rings. The molecule has 2 aromatic rings. The lowest BCUT2D eigenvalue weighted by molar-refractivity contribution is 0.960. The molecule has 1 heterocycles. The Morgan fingerprint density at radius 1 is 1.18 bits per heavy atom. The van der Waals surface area contributed by atoms with E-state index >= 15 is 0 Å². The van der Waals surface area contributed by atoms with Crippen LogP contribution in [0.3, 0.4) is 0 Å². The van der Waals surface area contributed by atoms with Crippen LogP contribution in [0.15, 0.2) is 35.4 Å². The lowest BCUT2D eigenvalue weighted by Crippen LogP contribution is -1.97. The number of hydrogen-bond acceptors (Lipinski definition) is 4. The van der Waals surface area contributed by atoms with E-state index in [0.717, 1.165) is 5.56 Å². The summed E-state index contributed by atoms with van der Waals surface area (Å²) in [6, 6.07) is 9.33. The molecular weight excluding hydrogens is 240 g/mol. The van der Waals surface area contributed by atoms with E-state index in [4.69, 9.17) is 17.1 Å². The number of hydrogen-bond donors (Lipinski definition) is 0. The summed E-state index contributed by atoms with van der Waals surface area (Å²) in [5, 5.41) is 3.36. The third kappa shape index (κ3) is 2.69. The molecule has 0 aliphatic heterocycles. The van der Waals surface area contributed by atoms with Gasteiger partial charge >= 0.3 is 0 Å². The summed E-state index contributed by atoms with van der Waals surface area (Å²) in [7, 11) is 0. The van der Waals surface area contributed by atoms with Crippen molar-refractivity contribution in [3.8, 4) is 11.4 Å². The zero-order chi connectivity index (χ0) is 12.1. The fourth-order valence-corrected chi connectivity index (χ4v) is 1.39. The number of nitrogens with zero attached hydrogens (tertiary/aromatic N) is 6. The molecule has 17 heavy (non-hydrogen) atoms. The van der Waals surface area contributed by atoms with Crippen LogP contribution in [0.25, 0.3) is 21.8 Å². The average molecular weight is 247 g/mol. The van der Waals surface area contributed by atoms with Crippen molar-refractivity contribution in [3.05, 3.63) is 46.6 Å². The maximum Gasteiger partial charge on any atom is 0.220 e. The molecule has 0 amide bonds. The normalized spacial score (nSPS) is 9.71. The van der Waals surface area contributed by atoms with Crippen molar-refractivity contribution in [2.45, 2.75) is 5.88 Å². The SMILES string of the molecule is [N-]=[N+]=Nc1nc(CCl)nc(-c2ccccc2)n1. The van der Waals surface area contributed by atoms with Crippen LogP contribution in [-0.2, 0) is 5.88 Å². The second-order valence-corrected chi connectivity index (χ2v) is 3.33. The maximum absolute atomic E-state index is 8.37. The standard InChI is InChI=1S/C10H7ClN6/c11-6-8-13-9(7-4-2-1-3-5-7)15-10(14-8)16-17-12/h1-5H,6H2. The Kier molecular flexibility index (Phi) is 3.49. The van der Waals surface area contributed by atoms with E-state index < -0.39 is 0 Å². The Bertz CT molecular complexity index is 564. The molecule has 0 spiro atoms. The van der Waals surface area contributed by atoms with Gasteiger partial charge in [0.1, 0.15) is 5.82 Å². The summed E-state index contributed by atoms with van der Waals surface area (Å²) in [4.78, 5) is 14.7. The van der Waals surface area contributed by atoms with Crippen LogP contribution in [-0.4, -0.2) is 15.0 Å². The highest BCUT2D eigenvalue weighted by atomic mass is 35.5. The monoisotopic (exact) mass is 246 g/mol. The minimum atomic E-state index is 0.0250. The van der Waals surface area contributed by atoms with E-state index in [1.54, 1.807) is 0 Å². The number of azide groups is 1. The van der Waals surface area contributed by atoms with Crippen LogP contribution >= 0.6 is 11.6 Å². The van der Waals surface area contributed by atoms with Crippen molar-refractivity contribution in [2.75, 3.05) is 0 Å². The molecule has 1 aromatic heterocycles. The van der Waals surface area contributed by atoms with Gasteiger partial charge in [0.25, 0.3) is 0 Å². The van der Waals surface area contributed by atoms with Crippen molar-refractivity contribution >= 4 is 17.5 Å². The molecule has 0 unspecified atom stereocenters. The van der Waals surface area contributed by atoms with Crippen LogP contribution in [0.5, 0.6) is 0 Å². The maximum atomic E-state index is 8.37. The molecule has 84 valence electrons. The second kappa shape index (κ2) is 5.25. The first kappa shape index (κ1) is 11.3. The van der Waals surface area contributed by atoms with E-state index in [1.807, 2.05) is 30.3 Å². The first-order chi connectivity index (χ1) is 8.33. The smallest absolute Gasteiger partial charge is 0.212 e. The van der Waals surface area contributed by atoms with Crippen molar-refractivity contribution in [1.82, 2.24) is 15.0 Å². The molecule has 0 radical (unpaired) electrons. The summed E-state index contributed by atoms with van der Waals surface area (Å²) in [5.41, 5.74) is 9.19. The van der Waals surface area contributed by atoms with E-state index in [0.29, 0.717) is 11.6 Å². The molecule has 0 saturated heterocycles. The van der Waals surface area contributed by atoms with Crippen molar-refractivity contribution in [2.24, 2.45) is 5.11 Å². The van der Waals surface area contributed by atoms with Gasteiger partial charge in [-0.25, -0.2) is 15.0 Å². The van der Waals surface area contributed by atoms with E-state index in [2.05, 4.69) is 25.0 Å². The van der Waals surface area contributed by atoms with Crippen LogP contribution in [0.1, 0.15) is 5.82 Å². The molecule has 0 bridgehead atoms. The Labute approximate surface area is 102 Å². The van der Waals surface area contributed by atoms with E-state index in [-0.39, 0.29) is 11.8 Å². The number of aromatic nitrogens is 3. The fourth-order valence-electron chi connectivity index (χ4n) is 1.27. The topological polar surface area (TPSA) is 87.4 Å². The van der Waals surface area contributed by atoms with Crippen LogP contribution in [0, 0.1) is 0 Å². The summed E-state index contributed by atoms with van der Waals surface area (Å²) < 4.78 is 0. The predicted octanol–water partition coefficient (Wildman–Crippen LogP) is 3.22. The van der Waals surface area contributed by atoms with Gasteiger partial charge in [-0.2, -0.15) is 0 Å². The van der Waals surface area contributed by atoms with Gasteiger partial charge in [-0.3, -0.25) is 0 Å². The van der Waals surface area contributed by atoms with Crippen LogP contribution < -0.4 is 0 Å². The highest BCUT2D eigenvalue weighted by Crippen LogP contribution is 2.17. The summed E-state index contributed by atoms with van der Waals surface area (Å²) in [5.74, 6) is 0.981. The lowest BCUT2D eigenvalue weighted by Gasteiger charge is -2.02. The summed E-state index contributed by atoms with van der Waals surface area (Å²) in [6.07, 6.45) is 0. The Morgan fingerprint density at radius 3 is 2.59 bits per heavy atom. The largest absolute Gasteiger partial charge is 0.220 e. The van der Waals surface area contributed by atoms with Gasteiger partial charge in [-0.1, -0.05) is 30.3 Å². The summed E-state index contributed by atoms with van der Waals surface area (Å²) in [6.45, 7) is 0. The minimum Gasteiger partial charge on any atom is -0.212 e. The molecular formula is C10H7ClN6. The van der Waals surface area contributed by atoms with Crippen molar-refractivity contribution in [3.63, 3.8) is 0 Å². The Balaban J connectivity index is 2.54. The van der Waals surface area contributed by atoms with Gasteiger partial charge in [-0.15, -0.1) is 11.6 Å². The molecule has 0 aliphatic rings. The average Bonchev–Trinajstić information content (AvgIpc) is 2.40. The van der Waals surface area contributed by atoms with Gasteiger partial charge in [-0.05, 0) is 10.6 Å².